The van der Waals surface area contributed by atoms with Gasteiger partial charge in [0.2, 0.25) is 0 Å². The van der Waals surface area contributed by atoms with Crippen LogP contribution in [0.4, 0.5) is 5.69 Å². The van der Waals surface area contributed by atoms with E-state index in [1.54, 1.807) is 12.1 Å². The van der Waals surface area contributed by atoms with Gasteiger partial charge in [-0.3, -0.25) is 15.0 Å². The summed E-state index contributed by atoms with van der Waals surface area (Å²) in [6.45, 7) is 9.61. The predicted octanol–water partition coefficient (Wildman–Crippen LogP) is 3.56. The number of ether oxygens (including phenoxy) is 1. The molecule has 1 aliphatic rings. The quantitative estimate of drug-likeness (QED) is 0.171. The molecule has 2 aromatic rings. The largest absolute Gasteiger partial charge is 0.379 e. The topological polar surface area (TPSA) is 92.0 Å². The second kappa shape index (κ2) is 12.7. The number of nitro benzene ring substituents is 1. The second-order valence-corrected chi connectivity index (χ2v) is 8.19. The summed E-state index contributed by atoms with van der Waals surface area (Å²) in [4.78, 5) is 17.6. The van der Waals surface area contributed by atoms with Crippen LogP contribution in [0.3, 0.4) is 0 Å². The monoisotopic (exact) mass is 553 g/mol. The second-order valence-electron chi connectivity index (χ2n) is 8.19. The summed E-state index contributed by atoms with van der Waals surface area (Å²) in [6.07, 6.45) is 0. The molecule has 0 radical (unpaired) electrons. The van der Waals surface area contributed by atoms with Crippen LogP contribution < -0.4 is 10.6 Å². The number of rotatable bonds is 8. The SMILES string of the molecule is CC(C)(CNC(=NCc1ccccc1)NCc1ccc([N+](=O)[O-])cc1)N1CCOCC1.I. The first-order chi connectivity index (χ1) is 14.9. The average molecular weight is 553 g/mol. The summed E-state index contributed by atoms with van der Waals surface area (Å²) in [5.74, 6) is 0.712. The third kappa shape index (κ3) is 8.03. The van der Waals surface area contributed by atoms with Crippen LogP contribution in [-0.4, -0.2) is 54.2 Å². The number of hydrogen-bond donors (Lipinski definition) is 2. The molecule has 0 aromatic heterocycles. The molecule has 0 aliphatic carbocycles. The van der Waals surface area contributed by atoms with Crippen molar-refractivity contribution in [2.45, 2.75) is 32.5 Å². The fourth-order valence-electron chi connectivity index (χ4n) is 3.43. The molecule has 0 saturated carbocycles. The molecule has 1 saturated heterocycles. The first-order valence-corrected chi connectivity index (χ1v) is 10.6. The highest BCUT2D eigenvalue weighted by molar-refractivity contribution is 14.0. The Morgan fingerprint density at radius 3 is 2.34 bits per heavy atom. The number of nitrogens with zero attached hydrogens (tertiary/aromatic N) is 3. The molecule has 0 unspecified atom stereocenters. The van der Waals surface area contributed by atoms with Crippen LogP contribution in [0.1, 0.15) is 25.0 Å². The van der Waals surface area contributed by atoms with Gasteiger partial charge < -0.3 is 15.4 Å². The van der Waals surface area contributed by atoms with Crippen LogP contribution in [0, 0.1) is 10.1 Å². The van der Waals surface area contributed by atoms with Crippen LogP contribution in [0.15, 0.2) is 59.6 Å². The molecule has 0 bridgehead atoms. The van der Waals surface area contributed by atoms with Crippen molar-refractivity contribution < 1.29 is 9.66 Å². The Morgan fingerprint density at radius 1 is 1.06 bits per heavy atom. The number of halogens is 1. The Balaban J connectivity index is 0.00000363. The molecule has 2 N–H and O–H groups in total. The van der Waals surface area contributed by atoms with E-state index in [0.29, 0.717) is 19.0 Å². The van der Waals surface area contributed by atoms with Crippen LogP contribution >= 0.6 is 24.0 Å². The van der Waals surface area contributed by atoms with E-state index in [9.17, 15) is 10.1 Å². The Labute approximate surface area is 206 Å². The molecular weight excluding hydrogens is 521 g/mol. The van der Waals surface area contributed by atoms with Gasteiger partial charge in [0.25, 0.3) is 5.69 Å². The minimum Gasteiger partial charge on any atom is -0.379 e. The Hall–Kier alpha value is -2.24. The van der Waals surface area contributed by atoms with Crippen molar-refractivity contribution >= 4 is 35.6 Å². The van der Waals surface area contributed by atoms with E-state index in [4.69, 9.17) is 9.73 Å². The molecule has 1 heterocycles. The zero-order valence-electron chi connectivity index (χ0n) is 18.6. The number of non-ortho nitro benzene ring substituents is 1. The maximum Gasteiger partial charge on any atom is 0.269 e. The van der Waals surface area contributed by atoms with Gasteiger partial charge >= 0.3 is 0 Å². The van der Waals surface area contributed by atoms with E-state index in [0.717, 1.165) is 44.0 Å². The molecule has 32 heavy (non-hydrogen) atoms. The van der Waals surface area contributed by atoms with E-state index in [1.165, 1.54) is 12.1 Å². The lowest BCUT2D eigenvalue weighted by Crippen LogP contribution is -2.56. The van der Waals surface area contributed by atoms with Crippen LogP contribution in [0.2, 0.25) is 0 Å². The molecule has 0 spiro atoms. The van der Waals surface area contributed by atoms with Gasteiger partial charge in [-0.2, -0.15) is 0 Å². The molecule has 0 amide bonds. The van der Waals surface area contributed by atoms with Gasteiger partial charge in [0.1, 0.15) is 0 Å². The lowest BCUT2D eigenvalue weighted by Gasteiger charge is -2.41. The third-order valence-corrected chi connectivity index (χ3v) is 5.43. The van der Waals surface area contributed by atoms with Gasteiger partial charge in [0.05, 0.1) is 24.7 Å². The minimum absolute atomic E-state index is 0. The van der Waals surface area contributed by atoms with Crippen LogP contribution in [-0.2, 0) is 17.8 Å². The van der Waals surface area contributed by atoms with Gasteiger partial charge in [-0.1, -0.05) is 42.5 Å². The zero-order valence-corrected chi connectivity index (χ0v) is 21.0. The number of morpholine rings is 1. The molecule has 3 rings (SSSR count). The van der Waals surface area contributed by atoms with Crippen molar-refractivity contribution in [1.82, 2.24) is 15.5 Å². The number of hydrogen-bond acceptors (Lipinski definition) is 5. The van der Waals surface area contributed by atoms with Gasteiger partial charge in [-0.25, -0.2) is 4.99 Å². The van der Waals surface area contributed by atoms with Crippen molar-refractivity contribution in [3.8, 4) is 0 Å². The number of benzene rings is 2. The average Bonchev–Trinajstić information content (AvgIpc) is 2.80. The minimum atomic E-state index is -0.390. The lowest BCUT2D eigenvalue weighted by atomic mass is 10.0. The highest BCUT2D eigenvalue weighted by Crippen LogP contribution is 2.15. The fraction of sp³-hybridized carbons (Fsp3) is 0.435. The smallest absolute Gasteiger partial charge is 0.269 e. The number of aliphatic imine (C=N–C) groups is 1. The Kier molecular flexibility index (Phi) is 10.3. The van der Waals surface area contributed by atoms with Gasteiger partial charge in [0, 0.05) is 43.9 Å². The summed E-state index contributed by atoms with van der Waals surface area (Å²) in [7, 11) is 0. The molecule has 1 aliphatic heterocycles. The molecule has 9 heteroatoms. The first kappa shape index (κ1) is 26.0. The highest BCUT2D eigenvalue weighted by atomic mass is 127. The van der Waals surface area contributed by atoms with Crippen molar-refractivity contribution in [2.75, 3.05) is 32.8 Å². The molecule has 2 aromatic carbocycles. The van der Waals surface area contributed by atoms with Crippen molar-refractivity contribution in [2.24, 2.45) is 4.99 Å². The summed E-state index contributed by atoms with van der Waals surface area (Å²) in [5, 5.41) is 17.7. The molecular formula is C23H32IN5O3. The maximum absolute atomic E-state index is 10.9. The summed E-state index contributed by atoms with van der Waals surface area (Å²) in [5.41, 5.74) is 2.12. The van der Waals surface area contributed by atoms with Crippen molar-refractivity contribution in [1.29, 1.82) is 0 Å². The molecule has 8 nitrogen and oxygen atoms in total. The fourth-order valence-corrected chi connectivity index (χ4v) is 3.43. The normalized spacial score (nSPS) is 15.0. The Bertz CT molecular complexity index is 869. The standard InChI is InChI=1S/C23H31N5O3.HI/c1-23(2,27-12-14-31-15-13-27)18-26-22(24-16-19-6-4-3-5-7-19)25-17-20-8-10-21(11-9-20)28(29)30;/h3-11H,12-18H2,1-2H3,(H2,24,25,26);1H. The number of guanidine groups is 1. The van der Waals surface area contributed by atoms with E-state index in [1.807, 2.05) is 18.2 Å². The predicted molar refractivity (Wildman–Crippen MR) is 137 cm³/mol. The number of nitro groups is 1. The summed E-state index contributed by atoms with van der Waals surface area (Å²) < 4.78 is 5.48. The third-order valence-electron chi connectivity index (χ3n) is 5.43. The molecule has 1 fully saturated rings. The Morgan fingerprint density at radius 2 is 1.72 bits per heavy atom. The van der Waals surface area contributed by atoms with E-state index >= 15 is 0 Å². The van der Waals surface area contributed by atoms with E-state index in [-0.39, 0.29) is 40.1 Å². The molecule has 0 atom stereocenters. The highest BCUT2D eigenvalue weighted by Gasteiger charge is 2.28. The van der Waals surface area contributed by atoms with E-state index < -0.39 is 0 Å². The summed E-state index contributed by atoms with van der Waals surface area (Å²) in [6, 6.07) is 16.7. The van der Waals surface area contributed by atoms with Gasteiger partial charge in [-0.15, -0.1) is 24.0 Å². The molecule has 174 valence electrons. The maximum atomic E-state index is 10.9. The zero-order chi connectivity index (χ0) is 22.1. The van der Waals surface area contributed by atoms with E-state index in [2.05, 4.69) is 41.5 Å². The first-order valence-electron chi connectivity index (χ1n) is 10.6. The summed E-state index contributed by atoms with van der Waals surface area (Å²) >= 11 is 0. The number of nitrogens with one attached hydrogen (secondary N) is 2. The van der Waals surface area contributed by atoms with Gasteiger partial charge in [0.15, 0.2) is 5.96 Å². The van der Waals surface area contributed by atoms with Crippen LogP contribution in [0.5, 0.6) is 0 Å². The van der Waals surface area contributed by atoms with Gasteiger partial charge in [-0.05, 0) is 25.0 Å². The van der Waals surface area contributed by atoms with Crippen molar-refractivity contribution in [3.63, 3.8) is 0 Å². The lowest BCUT2D eigenvalue weighted by molar-refractivity contribution is -0.384. The van der Waals surface area contributed by atoms with Crippen LogP contribution in [0.25, 0.3) is 0 Å². The van der Waals surface area contributed by atoms with Crippen molar-refractivity contribution in [3.05, 3.63) is 75.8 Å².